The predicted octanol–water partition coefficient (Wildman–Crippen LogP) is 2.90. The Morgan fingerprint density at radius 3 is 2.47 bits per heavy atom. The first kappa shape index (κ1) is 35.4. The Morgan fingerprint density at radius 2 is 1.86 bits per heavy atom. The number of carbonyl (C=O) groups is 3. The molecule has 3 heterocycles. The second kappa shape index (κ2) is 12.7. The Bertz CT molecular complexity index is 2080. The van der Waals surface area contributed by atoms with Gasteiger partial charge in [0.05, 0.1) is 43.7 Å². The molecule has 268 valence electrons. The summed E-state index contributed by atoms with van der Waals surface area (Å²) in [7, 11) is -2.22. The van der Waals surface area contributed by atoms with Gasteiger partial charge in [-0.1, -0.05) is 0 Å². The van der Waals surface area contributed by atoms with Crippen LogP contribution in [0.5, 0.6) is 17.4 Å². The van der Waals surface area contributed by atoms with Crippen molar-refractivity contribution in [2.75, 3.05) is 31.7 Å². The van der Waals surface area contributed by atoms with Gasteiger partial charge in [-0.2, -0.15) is 22.7 Å². The molecule has 18 heteroatoms. The van der Waals surface area contributed by atoms with Crippen molar-refractivity contribution in [3.63, 3.8) is 0 Å². The van der Waals surface area contributed by atoms with E-state index in [-0.39, 0.29) is 65.8 Å². The van der Waals surface area contributed by atoms with Crippen LogP contribution in [-0.2, 0) is 34.7 Å². The number of aromatic nitrogens is 1. The molecule has 2 unspecified atom stereocenters. The number of esters is 1. The second-order valence-electron chi connectivity index (χ2n) is 12.1. The third-order valence-corrected chi connectivity index (χ3v) is 11.0. The Balaban J connectivity index is 1.45. The lowest BCUT2D eigenvalue weighted by molar-refractivity contribution is -0.232. The number of halogens is 3. The highest BCUT2D eigenvalue weighted by Gasteiger charge is 2.63. The molecule has 51 heavy (non-hydrogen) atoms. The Hall–Kier alpha value is -5.41. The summed E-state index contributed by atoms with van der Waals surface area (Å²) in [5, 5.41) is 15.2. The van der Waals surface area contributed by atoms with Crippen LogP contribution in [0.2, 0.25) is 0 Å². The van der Waals surface area contributed by atoms with E-state index >= 15 is 4.79 Å². The lowest BCUT2D eigenvalue weighted by Crippen LogP contribution is -2.71. The fourth-order valence-corrected chi connectivity index (χ4v) is 8.33. The molecule has 14 nitrogen and oxygen atoms in total. The number of ether oxygens (including phenoxy) is 4. The first-order valence-corrected chi connectivity index (χ1v) is 16.9. The topological polar surface area (TPSA) is 186 Å². The van der Waals surface area contributed by atoms with Gasteiger partial charge in [-0.3, -0.25) is 14.9 Å². The molecule has 6 rings (SSSR count). The van der Waals surface area contributed by atoms with E-state index in [0.717, 1.165) is 0 Å². The van der Waals surface area contributed by atoms with Crippen LogP contribution >= 0.6 is 0 Å². The highest BCUT2D eigenvalue weighted by Crippen LogP contribution is 2.54. The molecule has 0 bridgehead atoms. The monoisotopic (exact) mass is 729 g/mol. The van der Waals surface area contributed by atoms with E-state index in [1.54, 1.807) is 6.92 Å². The van der Waals surface area contributed by atoms with Crippen molar-refractivity contribution >= 4 is 33.5 Å². The Morgan fingerprint density at radius 1 is 1.12 bits per heavy atom. The van der Waals surface area contributed by atoms with E-state index in [0.29, 0.717) is 4.31 Å². The van der Waals surface area contributed by atoms with E-state index < -0.39 is 62.0 Å². The van der Waals surface area contributed by atoms with Gasteiger partial charge >= 0.3 is 12.1 Å². The lowest BCUT2D eigenvalue weighted by Gasteiger charge is -2.58. The molecule has 2 amide bonds. The normalized spacial score (nSPS) is 23.7. The van der Waals surface area contributed by atoms with Crippen molar-refractivity contribution in [3.8, 4) is 23.4 Å². The summed E-state index contributed by atoms with van der Waals surface area (Å²) in [5.41, 5.74) is -3.59. The second-order valence-corrected chi connectivity index (χ2v) is 13.9. The third-order valence-electron chi connectivity index (χ3n) is 9.24. The van der Waals surface area contributed by atoms with Crippen LogP contribution in [0.15, 0.2) is 59.6 Å². The molecule has 2 aromatic carbocycles. The van der Waals surface area contributed by atoms with Gasteiger partial charge in [0.15, 0.2) is 11.8 Å². The van der Waals surface area contributed by atoms with Gasteiger partial charge < -0.3 is 24.3 Å². The highest BCUT2D eigenvalue weighted by molar-refractivity contribution is 7.93. The molecular formula is C33H30F3N5O9S. The molecule has 2 aliphatic heterocycles. The van der Waals surface area contributed by atoms with Gasteiger partial charge in [0.2, 0.25) is 11.8 Å². The molecular weight excluding hydrogens is 699 g/mol. The van der Waals surface area contributed by atoms with E-state index in [2.05, 4.69) is 20.4 Å². The first-order valence-electron chi connectivity index (χ1n) is 15.4. The third kappa shape index (κ3) is 5.66. The molecule has 0 radical (unpaired) electrons. The summed E-state index contributed by atoms with van der Waals surface area (Å²) in [4.78, 5) is 44.5. The maximum atomic E-state index is 15.0. The molecule has 1 aliphatic carbocycles. The maximum absolute atomic E-state index is 15.0. The van der Waals surface area contributed by atoms with E-state index in [4.69, 9.17) is 14.2 Å². The molecule has 1 aromatic heterocycles. The van der Waals surface area contributed by atoms with Crippen LogP contribution < -0.4 is 29.1 Å². The fraction of sp³-hybridized carbons (Fsp3) is 0.364. The zero-order valence-electron chi connectivity index (χ0n) is 27.2. The van der Waals surface area contributed by atoms with Gasteiger partial charge in [-0.05, 0) is 62.2 Å². The zero-order valence-corrected chi connectivity index (χ0v) is 28.1. The van der Waals surface area contributed by atoms with E-state index in [1.165, 1.54) is 68.9 Å². The molecule has 1 saturated carbocycles. The molecule has 2 fully saturated rings. The predicted molar refractivity (Wildman–Crippen MR) is 169 cm³/mol. The Kier molecular flexibility index (Phi) is 8.84. The minimum Gasteiger partial charge on any atom is -0.497 e. The number of hydrogen-bond donors (Lipinski definition) is 2. The summed E-state index contributed by atoms with van der Waals surface area (Å²) in [6.45, 7) is 1.88. The van der Waals surface area contributed by atoms with Crippen molar-refractivity contribution in [2.45, 2.75) is 42.6 Å². The standard InChI is InChI=1S/C33H30F3N5O9S/c1-4-49-27-21(6-5-11-38-27)32(40-26(42)19-14-31(15-19)17-39-28(31)50-30(44)33(34,35)36)22-12-18(16-37)7-9-23(22)41(29(32)43)51(45,46)25-10-8-20(47-2)13-24(25)48-3/h5-13,19,28,39H,4,14-15,17H2,1-3H3,(H,40,42). The van der Waals surface area contributed by atoms with Gasteiger partial charge in [-0.25, -0.2) is 18.2 Å². The molecule has 2 atom stereocenters. The van der Waals surface area contributed by atoms with Crippen molar-refractivity contribution < 1.29 is 54.9 Å². The summed E-state index contributed by atoms with van der Waals surface area (Å²) < 4.78 is 89.1. The first-order chi connectivity index (χ1) is 24.2. The minimum atomic E-state index is -5.21. The number of nitrogens with one attached hydrogen (secondary N) is 2. The van der Waals surface area contributed by atoms with Crippen molar-refractivity contribution in [2.24, 2.45) is 11.3 Å². The average molecular weight is 730 g/mol. The lowest BCUT2D eigenvalue weighted by atomic mass is 9.57. The fourth-order valence-electron chi connectivity index (χ4n) is 6.73. The van der Waals surface area contributed by atoms with Gasteiger partial charge in [-0.15, -0.1) is 0 Å². The van der Waals surface area contributed by atoms with Crippen LogP contribution in [0, 0.1) is 22.7 Å². The zero-order chi connectivity index (χ0) is 36.9. The number of fused-ring (bicyclic) bond motifs is 1. The molecule has 3 aromatic rings. The quantitative estimate of drug-likeness (QED) is 0.291. The van der Waals surface area contributed by atoms with Crippen LogP contribution in [0.1, 0.15) is 36.5 Å². The largest absolute Gasteiger partial charge is 0.497 e. The average Bonchev–Trinajstić information content (AvgIpc) is 3.32. The van der Waals surface area contributed by atoms with Crippen molar-refractivity contribution in [1.82, 2.24) is 15.6 Å². The maximum Gasteiger partial charge on any atom is 0.490 e. The number of methoxy groups -OCH3 is 2. The van der Waals surface area contributed by atoms with Crippen molar-refractivity contribution in [1.29, 1.82) is 5.26 Å². The molecule has 3 aliphatic rings. The Labute approximate surface area is 289 Å². The summed E-state index contributed by atoms with van der Waals surface area (Å²) >= 11 is 0. The van der Waals surface area contributed by atoms with Gasteiger partial charge in [0.25, 0.3) is 15.9 Å². The molecule has 1 saturated heterocycles. The van der Waals surface area contributed by atoms with Crippen LogP contribution in [-0.4, -0.2) is 71.0 Å². The highest BCUT2D eigenvalue weighted by atomic mass is 32.2. The number of carbonyl (C=O) groups excluding carboxylic acids is 3. The van der Waals surface area contributed by atoms with E-state index in [1.807, 2.05) is 6.07 Å². The minimum absolute atomic E-state index is 0.0204. The van der Waals surface area contributed by atoms with Crippen molar-refractivity contribution in [3.05, 3.63) is 71.4 Å². The number of rotatable bonds is 10. The van der Waals surface area contributed by atoms with Crippen LogP contribution in [0.25, 0.3) is 0 Å². The van der Waals surface area contributed by atoms with Crippen LogP contribution in [0.3, 0.4) is 0 Å². The molecule has 1 spiro atoms. The summed E-state index contributed by atoms with van der Waals surface area (Å²) in [5.74, 6) is -5.19. The number of benzene rings is 2. The van der Waals surface area contributed by atoms with Crippen LogP contribution in [0.4, 0.5) is 18.9 Å². The number of pyridine rings is 1. The number of anilines is 1. The number of amides is 2. The SMILES string of the molecule is CCOc1ncccc1C1(NC(=O)C2CC3(CNC3OC(=O)C(F)(F)F)C2)C(=O)N(S(=O)(=O)c2ccc(OC)cc2OC)c2ccc(C#N)cc21. The number of hydrogen-bond acceptors (Lipinski definition) is 12. The number of sulfonamides is 1. The number of alkyl halides is 3. The van der Waals surface area contributed by atoms with Gasteiger partial charge in [0.1, 0.15) is 16.4 Å². The number of nitrogens with zero attached hydrogens (tertiary/aromatic N) is 3. The van der Waals surface area contributed by atoms with Gasteiger partial charge in [0, 0.05) is 35.7 Å². The van der Waals surface area contributed by atoms with E-state index in [9.17, 15) is 36.4 Å². The summed E-state index contributed by atoms with van der Waals surface area (Å²) in [6.07, 6.45) is -5.18. The smallest absolute Gasteiger partial charge is 0.490 e. The molecule has 2 N–H and O–H groups in total. The summed E-state index contributed by atoms with van der Waals surface area (Å²) in [6, 6.07) is 12.6. The number of nitriles is 1.